The van der Waals surface area contributed by atoms with E-state index in [0.29, 0.717) is 31.1 Å². The predicted octanol–water partition coefficient (Wildman–Crippen LogP) is 6.48. The van der Waals surface area contributed by atoms with E-state index < -0.39 is 46.3 Å². The number of amides is 2. The maximum atomic E-state index is 13.9. The number of fused-ring (bicyclic) bond motifs is 2. The van der Waals surface area contributed by atoms with Gasteiger partial charge >= 0.3 is 11.0 Å². The first-order valence-electron chi connectivity index (χ1n) is 12.0. The maximum absolute atomic E-state index is 13.9. The highest BCUT2D eigenvalue weighted by Gasteiger charge is 2.57. The predicted molar refractivity (Wildman–Crippen MR) is 146 cm³/mol. The van der Waals surface area contributed by atoms with Gasteiger partial charge in [-0.05, 0) is 35.9 Å². The third kappa shape index (κ3) is 4.61. The summed E-state index contributed by atoms with van der Waals surface area (Å²) in [6, 6.07) is 18.6. The molecule has 1 saturated heterocycles. The zero-order chi connectivity index (χ0) is 28.2. The molecule has 1 N–H and O–H groups in total. The molecule has 2 amide bonds. The Morgan fingerprint density at radius 3 is 2.48 bits per heavy atom. The quantitative estimate of drug-likeness (QED) is 0.264. The molecule has 0 saturated carbocycles. The normalized spacial score (nSPS) is 20.4. The van der Waals surface area contributed by atoms with Crippen molar-refractivity contribution in [3.05, 3.63) is 109 Å². The molecule has 3 heterocycles. The first kappa shape index (κ1) is 26.7. The Balaban J connectivity index is 1.44. The van der Waals surface area contributed by atoms with Gasteiger partial charge in [-0.15, -0.1) is 0 Å². The number of hydrogen-bond acceptors (Lipinski definition) is 6. The van der Waals surface area contributed by atoms with Crippen LogP contribution in [0.15, 0.2) is 82.6 Å². The van der Waals surface area contributed by atoms with Crippen LogP contribution in [0.2, 0.25) is 5.02 Å². The molecule has 40 heavy (non-hydrogen) atoms. The molecule has 0 spiro atoms. The number of nitrogens with zero attached hydrogens (tertiary/aromatic N) is 1. The van der Waals surface area contributed by atoms with E-state index in [1.807, 2.05) is 6.07 Å². The molecule has 12 heteroatoms. The van der Waals surface area contributed by atoms with Gasteiger partial charge in [-0.3, -0.25) is 14.4 Å². The number of imide groups is 1. The van der Waals surface area contributed by atoms with Crippen molar-refractivity contribution >= 4 is 52.2 Å². The second kappa shape index (κ2) is 10.1. The molecule has 3 aromatic carbocycles. The molecule has 1 aromatic heterocycles. The lowest BCUT2D eigenvalue weighted by Gasteiger charge is -2.30. The van der Waals surface area contributed by atoms with Crippen LogP contribution in [-0.2, 0) is 22.4 Å². The summed E-state index contributed by atoms with van der Waals surface area (Å²) in [6.45, 7) is 0.154. The number of hydrogen-bond donors (Lipinski definition) is 1. The molecule has 204 valence electrons. The number of thioether (sulfide) groups is 1. The molecule has 0 radical (unpaired) electrons. The lowest BCUT2D eigenvalue weighted by Crippen LogP contribution is -2.33. The first-order chi connectivity index (χ1) is 19.1. The fraction of sp³-hybridized carbons (Fsp3) is 0.179. The zero-order valence-corrected chi connectivity index (χ0v) is 22.7. The van der Waals surface area contributed by atoms with Crippen LogP contribution in [0, 0.1) is 5.92 Å². The van der Waals surface area contributed by atoms with Gasteiger partial charge in [0.2, 0.25) is 11.8 Å². The number of aromatic amines is 1. The molecule has 2 aliphatic heterocycles. The van der Waals surface area contributed by atoms with Crippen LogP contribution in [0.1, 0.15) is 27.5 Å². The highest BCUT2D eigenvalue weighted by Crippen LogP contribution is 2.55. The van der Waals surface area contributed by atoms with Crippen LogP contribution < -0.4 is 14.5 Å². The van der Waals surface area contributed by atoms with Gasteiger partial charge < -0.3 is 9.72 Å². The Morgan fingerprint density at radius 1 is 0.950 bits per heavy atom. The number of nitrogens with one attached hydrogen (secondary N) is 1. The smallest absolute Gasteiger partial charge is 0.418 e. The van der Waals surface area contributed by atoms with Crippen LogP contribution in [0.5, 0.6) is 5.75 Å². The Hall–Kier alpha value is -3.54. The Morgan fingerprint density at radius 2 is 1.70 bits per heavy atom. The van der Waals surface area contributed by atoms with Crippen LogP contribution >= 0.6 is 34.7 Å². The molecule has 0 aliphatic carbocycles. The van der Waals surface area contributed by atoms with Crippen molar-refractivity contribution in [1.82, 2.24) is 4.98 Å². The lowest BCUT2D eigenvalue weighted by molar-refractivity contribution is -0.137. The van der Waals surface area contributed by atoms with Crippen molar-refractivity contribution < 1.29 is 27.5 Å². The van der Waals surface area contributed by atoms with E-state index in [4.69, 9.17) is 16.3 Å². The minimum atomic E-state index is -4.78. The van der Waals surface area contributed by atoms with Crippen LogP contribution in [0.3, 0.4) is 0 Å². The Bertz CT molecular complexity index is 1700. The number of carbonyl (C=O) groups is 2. The van der Waals surface area contributed by atoms with E-state index in [2.05, 4.69) is 4.98 Å². The minimum absolute atomic E-state index is 0.154. The van der Waals surface area contributed by atoms with Gasteiger partial charge in [-0.2, -0.15) is 13.2 Å². The van der Waals surface area contributed by atoms with Gasteiger partial charge in [0.1, 0.15) is 17.6 Å². The average Bonchev–Trinajstić information content (AvgIpc) is 3.41. The molecular formula is C28H18ClF3N2O4S2. The number of benzene rings is 3. The van der Waals surface area contributed by atoms with Gasteiger partial charge in [-0.25, -0.2) is 4.90 Å². The first-order valence-corrected chi connectivity index (χ1v) is 14.1. The summed E-state index contributed by atoms with van der Waals surface area (Å²) in [5, 5.41) is -0.0897. The number of para-hydroxylation sites is 2. The van der Waals surface area contributed by atoms with Gasteiger partial charge in [-0.1, -0.05) is 77.2 Å². The van der Waals surface area contributed by atoms with E-state index >= 15 is 0 Å². The second-order valence-electron chi connectivity index (χ2n) is 9.23. The molecule has 2 aliphatic rings. The monoisotopic (exact) mass is 602 g/mol. The molecule has 6 nitrogen and oxygen atoms in total. The summed E-state index contributed by atoms with van der Waals surface area (Å²) in [5.74, 6) is -2.98. The number of alkyl halides is 3. The summed E-state index contributed by atoms with van der Waals surface area (Å²) in [4.78, 5) is 43.5. The van der Waals surface area contributed by atoms with Crippen molar-refractivity contribution in [1.29, 1.82) is 0 Å². The number of carbonyl (C=O) groups excluding carboxylic acids is 2. The van der Waals surface area contributed by atoms with Crippen molar-refractivity contribution in [2.75, 3.05) is 4.90 Å². The fourth-order valence-electron chi connectivity index (χ4n) is 5.15. The van der Waals surface area contributed by atoms with Gasteiger partial charge in [0.05, 0.1) is 22.2 Å². The largest absolute Gasteiger partial charge is 0.489 e. The molecule has 6 rings (SSSR count). The molecule has 0 bridgehead atoms. The second-order valence-corrected chi connectivity index (χ2v) is 11.8. The maximum Gasteiger partial charge on any atom is 0.418 e. The summed E-state index contributed by atoms with van der Waals surface area (Å²) >= 11 is 8.00. The molecule has 1 fully saturated rings. The minimum Gasteiger partial charge on any atom is -0.489 e. The topological polar surface area (TPSA) is 79.5 Å². The average molecular weight is 603 g/mol. The van der Waals surface area contributed by atoms with Crippen molar-refractivity contribution in [3.8, 4) is 5.75 Å². The molecule has 4 aromatic rings. The molecule has 2 unspecified atom stereocenters. The van der Waals surface area contributed by atoms with Crippen LogP contribution in [-0.4, -0.2) is 22.0 Å². The highest BCUT2D eigenvalue weighted by molar-refractivity contribution is 8.00. The third-order valence-electron chi connectivity index (χ3n) is 6.81. The summed E-state index contributed by atoms with van der Waals surface area (Å²) in [7, 11) is 0. The zero-order valence-electron chi connectivity index (χ0n) is 20.3. The molecule has 3 atom stereocenters. The van der Waals surface area contributed by atoms with E-state index in [0.717, 1.165) is 40.8 Å². The van der Waals surface area contributed by atoms with Gasteiger partial charge in [0, 0.05) is 21.4 Å². The van der Waals surface area contributed by atoms with Crippen molar-refractivity contribution in [2.45, 2.75) is 29.0 Å². The number of rotatable bonds is 5. The SMILES string of the molecule is O=C1C2Sc3[nH]c(=O)sc3[C@H](c3ccccc3OCc3cccc(Cl)c3)C2C(=O)N1c1ccccc1C(F)(F)F. The summed E-state index contributed by atoms with van der Waals surface area (Å²) < 4.78 is 47.7. The van der Waals surface area contributed by atoms with E-state index in [1.54, 1.807) is 42.5 Å². The Kier molecular flexibility index (Phi) is 6.76. The number of H-pyrrole nitrogens is 1. The number of thiazole rings is 1. The standard InChI is InChI=1S/C28H18ClF3N2O4S2/c29-15-7-5-6-14(12-15)13-38-19-11-4-1-8-16(19)20-21-23(39-24-22(20)40-27(37)33-24)26(36)34(25(21)35)18-10-3-2-9-17(18)28(30,31)32/h1-12,20-21,23H,13H2,(H,33,37)/t20-,21?,23?/m1/s1. The number of aromatic nitrogens is 1. The van der Waals surface area contributed by atoms with Gasteiger partial charge in [0.15, 0.2) is 0 Å². The summed E-state index contributed by atoms with van der Waals surface area (Å²) in [6.07, 6.45) is -4.78. The third-order valence-corrected chi connectivity index (χ3v) is 9.45. The van der Waals surface area contributed by atoms with E-state index in [-0.39, 0.29) is 11.5 Å². The highest BCUT2D eigenvalue weighted by atomic mass is 35.5. The van der Waals surface area contributed by atoms with E-state index in [9.17, 15) is 27.6 Å². The molecular weight excluding hydrogens is 585 g/mol. The van der Waals surface area contributed by atoms with Crippen LogP contribution in [0.25, 0.3) is 0 Å². The summed E-state index contributed by atoms with van der Waals surface area (Å²) in [5.41, 5.74) is -0.247. The van der Waals surface area contributed by atoms with E-state index in [1.165, 1.54) is 12.1 Å². The van der Waals surface area contributed by atoms with Gasteiger partial charge in [0.25, 0.3) is 0 Å². The Labute approximate surface area is 238 Å². The number of ether oxygens (including phenoxy) is 1. The van der Waals surface area contributed by atoms with Crippen molar-refractivity contribution in [3.63, 3.8) is 0 Å². The fourth-order valence-corrected chi connectivity index (χ4v) is 7.87. The van der Waals surface area contributed by atoms with Crippen LogP contribution in [0.4, 0.5) is 18.9 Å². The lowest BCUT2D eigenvalue weighted by atomic mass is 9.82. The number of anilines is 1. The van der Waals surface area contributed by atoms with Crippen molar-refractivity contribution in [2.24, 2.45) is 5.92 Å². The number of halogens is 4.